The van der Waals surface area contributed by atoms with Gasteiger partial charge in [0.05, 0.1) is 24.0 Å². The average molecular weight is 295 g/mol. The van der Waals surface area contributed by atoms with Crippen LogP contribution >= 0.6 is 0 Å². The molecule has 1 aromatic carbocycles. The maximum absolute atomic E-state index is 12.1. The fourth-order valence-electron chi connectivity index (χ4n) is 1.73. The van der Waals surface area contributed by atoms with Crippen molar-refractivity contribution >= 4 is 10.0 Å². The highest BCUT2D eigenvalue weighted by atomic mass is 32.2. The van der Waals surface area contributed by atoms with Crippen molar-refractivity contribution in [3.8, 4) is 5.75 Å². The molecule has 20 heavy (non-hydrogen) atoms. The molecule has 0 bridgehead atoms. The molecule has 0 radical (unpaired) electrons. The van der Waals surface area contributed by atoms with Gasteiger partial charge in [-0.2, -0.15) is 0 Å². The van der Waals surface area contributed by atoms with E-state index in [2.05, 4.69) is 4.72 Å². The molecule has 0 aliphatic rings. The minimum Gasteiger partial charge on any atom is -0.494 e. The van der Waals surface area contributed by atoms with Crippen LogP contribution in [0.5, 0.6) is 5.75 Å². The van der Waals surface area contributed by atoms with Gasteiger partial charge in [0.1, 0.15) is 5.75 Å². The molecule has 6 heteroatoms. The highest BCUT2D eigenvalue weighted by molar-refractivity contribution is 7.89. The second kappa shape index (κ2) is 6.58. The minimum absolute atomic E-state index is 0.230. The Labute approximate surface area is 118 Å². The Hall–Kier alpha value is -1.79. The number of furan rings is 1. The van der Waals surface area contributed by atoms with Crippen molar-refractivity contribution in [2.24, 2.45) is 0 Å². The van der Waals surface area contributed by atoms with Gasteiger partial charge in [0.15, 0.2) is 0 Å². The molecule has 108 valence electrons. The van der Waals surface area contributed by atoms with E-state index in [1.807, 2.05) is 13.0 Å². The van der Waals surface area contributed by atoms with E-state index >= 15 is 0 Å². The van der Waals surface area contributed by atoms with Gasteiger partial charge < -0.3 is 9.15 Å². The van der Waals surface area contributed by atoms with E-state index in [9.17, 15) is 8.42 Å². The van der Waals surface area contributed by atoms with Crippen molar-refractivity contribution in [3.63, 3.8) is 0 Å². The van der Waals surface area contributed by atoms with E-state index in [1.54, 1.807) is 24.7 Å². The van der Waals surface area contributed by atoms with E-state index < -0.39 is 10.0 Å². The van der Waals surface area contributed by atoms with Crippen LogP contribution in [0, 0.1) is 0 Å². The molecule has 0 aliphatic carbocycles. The van der Waals surface area contributed by atoms with Crippen LogP contribution in [0.3, 0.4) is 0 Å². The lowest BCUT2D eigenvalue weighted by Gasteiger charge is -2.07. The summed E-state index contributed by atoms with van der Waals surface area (Å²) in [6.07, 6.45) is 3.76. The number of hydrogen-bond acceptors (Lipinski definition) is 4. The van der Waals surface area contributed by atoms with Crippen LogP contribution in [-0.4, -0.2) is 21.6 Å². The first-order chi connectivity index (χ1) is 9.62. The lowest BCUT2D eigenvalue weighted by molar-refractivity contribution is 0.340. The highest BCUT2D eigenvalue weighted by Gasteiger charge is 2.13. The second-order valence-electron chi connectivity index (χ2n) is 4.18. The zero-order valence-electron chi connectivity index (χ0n) is 11.2. The molecule has 1 N–H and O–H groups in total. The summed E-state index contributed by atoms with van der Waals surface area (Å²) in [6, 6.07) is 8.17. The third-order valence-electron chi connectivity index (χ3n) is 2.73. The standard InChI is InChI=1S/C14H17NO4S/c1-2-19-13-3-5-14(6-4-13)20(16,17)15-9-7-12-8-10-18-11-12/h3-6,8,10-11,15H,2,7,9H2,1H3. The molecule has 1 aromatic heterocycles. The first kappa shape index (κ1) is 14.6. The molecule has 0 fully saturated rings. The fourth-order valence-corrected chi connectivity index (χ4v) is 2.76. The quantitative estimate of drug-likeness (QED) is 0.850. The van der Waals surface area contributed by atoms with Gasteiger partial charge in [-0.05, 0) is 49.2 Å². The monoisotopic (exact) mass is 295 g/mol. The van der Waals surface area contributed by atoms with E-state index in [0.717, 1.165) is 5.56 Å². The maximum atomic E-state index is 12.1. The van der Waals surface area contributed by atoms with Gasteiger partial charge in [-0.1, -0.05) is 0 Å². The van der Waals surface area contributed by atoms with Gasteiger partial charge in [-0.25, -0.2) is 13.1 Å². The molecule has 0 unspecified atom stereocenters. The van der Waals surface area contributed by atoms with Crippen molar-refractivity contribution in [1.82, 2.24) is 4.72 Å². The largest absolute Gasteiger partial charge is 0.494 e. The Balaban J connectivity index is 1.95. The Morgan fingerprint density at radius 3 is 2.55 bits per heavy atom. The Morgan fingerprint density at radius 2 is 1.95 bits per heavy atom. The van der Waals surface area contributed by atoms with Gasteiger partial charge in [-0.15, -0.1) is 0 Å². The zero-order valence-corrected chi connectivity index (χ0v) is 12.0. The molecule has 0 atom stereocenters. The SMILES string of the molecule is CCOc1ccc(S(=O)(=O)NCCc2ccoc2)cc1. The molecule has 0 spiro atoms. The maximum Gasteiger partial charge on any atom is 0.240 e. The number of rotatable bonds is 7. The van der Waals surface area contributed by atoms with Crippen LogP contribution < -0.4 is 9.46 Å². The van der Waals surface area contributed by atoms with Crippen molar-refractivity contribution in [3.05, 3.63) is 48.4 Å². The first-order valence-electron chi connectivity index (χ1n) is 6.35. The summed E-state index contributed by atoms with van der Waals surface area (Å²) < 4.78 is 36.9. The van der Waals surface area contributed by atoms with E-state index in [-0.39, 0.29) is 4.90 Å². The number of ether oxygens (including phenoxy) is 1. The third kappa shape index (κ3) is 3.85. The van der Waals surface area contributed by atoms with Crippen LogP contribution in [0.25, 0.3) is 0 Å². The Bertz CT molecular complexity index is 618. The van der Waals surface area contributed by atoms with Crippen LogP contribution in [0.1, 0.15) is 12.5 Å². The summed E-state index contributed by atoms with van der Waals surface area (Å²) in [4.78, 5) is 0.230. The lowest BCUT2D eigenvalue weighted by Crippen LogP contribution is -2.25. The molecule has 2 rings (SSSR count). The van der Waals surface area contributed by atoms with Crippen LogP contribution in [0.2, 0.25) is 0 Å². The minimum atomic E-state index is -3.48. The molecule has 2 aromatic rings. The first-order valence-corrected chi connectivity index (χ1v) is 7.84. The topological polar surface area (TPSA) is 68.5 Å². The van der Waals surface area contributed by atoms with Gasteiger partial charge in [0.2, 0.25) is 10.0 Å². The molecule has 5 nitrogen and oxygen atoms in total. The summed E-state index contributed by atoms with van der Waals surface area (Å²) in [5.41, 5.74) is 0.958. The highest BCUT2D eigenvalue weighted by Crippen LogP contribution is 2.15. The Kier molecular flexibility index (Phi) is 4.81. The van der Waals surface area contributed by atoms with Crippen molar-refractivity contribution in [2.75, 3.05) is 13.2 Å². The number of hydrogen-bond donors (Lipinski definition) is 1. The number of nitrogens with one attached hydrogen (secondary N) is 1. The Morgan fingerprint density at radius 1 is 1.20 bits per heavy atom. The smallest absolute Gasteiger partial charge is 0.240 e. The van der Waals surface area contributed by atoms with Gasteiger partial charge in [-0.3, -0.25) is 0 Å². The van der Waals surface area contributed by atoms with Gasteiger partial charge in [0, 0.05) is 6.54 Å². The third-order valence-corrected chi connectivity index (χ3v) is 4.21. The predicted molar refractivity (Wildman–Crippen MR) is 75.2 cm³/mol. The van der Waals surface area contributed by atoms with E-state index in [1.165, 1.54) is 12.1 Å². The second-order valence-corrected chi connectivity index (χ2v) is 5.95. The van der Waals surface area contributed by atoms with Crippen LogP contribution in [0.15, 0.2) is 52.2 Å². The number of sulfonamides is 1. The summed E-state index contributed by atoms with van der Waals surface area (Å²) in [7, 11) is -3.48. The number of benzene rings is 1. The van der Waals surface area contributed by atoms with Gasteiger partial charge in [0.25, 0.3) is 0 Å². The van der Waals surface area contributed by atoms with Crippen LogP contribution in [0.4, 0.5) is 0 Å². The van der Waals surface area contributed by atoms with E-state index in [4.69, 9.17) is 9.15 Å². The molecule has 0 saturated heterocycles. The lowest BCUT2D eigenvalue weighted by atomic mass is 10.2. The van der Waals surface area contributed by atoms with Crippen LogP contribution in [-0.2, 0) is 16.4 Å². The fraction of sp³-hybridized carbons (Fsp3) is 0.286. The normalized spacial score (nSPS) is 11.4. The summed E-state index contributed by atoms with van der Waals surface area (Å²) in [6.45, 7) is 2.76. The molecular weight excluding hydrogens is 278 g/mol. The van der Waals surface area contributed by atoms with Gasteiger partial charge >= 0.3 is 0 Å². The van der Waals surface area contributed by atoms with Crippen molar-refractivity contribution < 1.29 is 17.6 Å². The molecular formula is C14H17NO4S. The van der Waals surface area contributed by atoms with Crippen molar-refractivity contribution in [1.29, 1.82) is 0 Å². The zero-order chi connectivity index (χ0) is 14.4. The summed E-state index contributed by atoms with van der Waals surface area (Å²) in [5.74, 6) is 0.657. The molecule has 1 heterocycles. The molecule has 0 saturated carbocycles. The predicted octanol–water partition coefficient (Wildman–Crippen LogP) is 2.20. The molecule has 0 aliphatic heterocycles. The summed E-state index contributed by atoms with van der Waals surface area (Å²) in [5, 5.41) is 0. The van der Waals surface area contributed by atoms with E-state index in [0.29, 0.717) is 25.3 Å². The summed E-state index contributed by atoms with van der Waals surface area (Å²) >= 11 is 0. The molecule has 0 amide bonds. The van der Waals surface area contributed by atoms with Crippen molar-refractivity contribution in [2.45, 2.75) is 18.2 Å². The average Bonchev–Trinajstić information content (AvgIpc) is 2.93.